The van der Waals surface area contributed by atoms with E-state index in [-0.39, 0.29) is 12.5 Å². The summed E-state index contributed by atoms with van der Waals surface area (Å²) in [5.74, 6) is 0.895. The molecular formula is C13H15BrN4O2. The van der Waals surface area contributed by atoms with E-state index in [4.69, 9.17) is 4.42 Å². The molecule has 6 nitrogen and oxygen atoms in total. The molecule has 1 heterocycles. The summed E-state index contributed by atoms with van der Waals surface area (Å²) in [6, 6.07) is 7.62. The van der Waals surface area contributed by atoms with E-state index < -0.39 is 0 Å². The molecule has 0 aliphatic rings. The van der Waals surface area contributed by atoms with E-state index in [1.165, 1.54) is 4.90 Å². The number of benzene rings is 1. The third kappa shape index (κ3) is 3.64. The van der Waals surface area contributed by atoms with E-state index in [9.17, 15) is 4.79 Å². The first kappa shape index (κ1) is 14.7. The molecule has 0 saturated carbocycles. The van der Waals surface area contributed by atoms with Crippen molar-refractivity contribution in [1.29, 1.82) is 0 Å². The Kier molecular flexibility index (Phi) is 4.86. The van der Waals surface area contributed by atoms with Gasteiger partial charge in [-0.3, -0.25) is 10.1 Å². The predicted octanol–water partition coefficient (Wildman–Crippen LogP) is 1.68. The van der Waals surface area contributed by atoms with Gasteiger partial charge in [0.25, 0.3) is 0 Å². The highest BCUT2D eigenvalue weighted by Gasteiger charge is 2.11. The number of hydrogen-bond acceptors (Lipinski definition) is 5. The van der Waals surface area contributed by atoms with E-state index in [0.29, 0.717) is 18.3 Å². The van der Waals surface area contributed by atoms with Crippen LogP contribution in [0.2, 0.25) is 0 Å². The number of carbonyl (C=O) groups excluding carboxylic acids is 1. The number of carbonyl (C=O) groups is 1. The van der Waals surface area contributed by atoms with Crippen molar-refractivity contribution in [3.8, 4) is 11.5 Å². The highest BCUT2D eigenvalue weighted by atomic mass is 79.9. The molecule has 1 aromatic heterocycles. The van der Waals surface area contributed by atoms with Crippen LogP contribution in [0.4, 0.5) is 0 Å². The monoisotopic (exact) mass is 338 g/mol. The van der Waals surface area contributed by atoms with Gasteiger partial charge in [-0.1, -0.05) is 12.1 Å². The summed E-state index contributed by atoms with van der Waals surface area (Å²) >= 11 is 3.44. The van der Waals surface area contributed by atoms with Crippen molar-refractivity contribution in [2.75, 3.05) is 20.6 Å². The van der Waals surface area contributed by atoms with Crippen LogP contribution in [0, 0.1) is 0 Å². The Balaban J connectivity index is 1.96. The zero-order valence-electron chi connectivity index (χ0n) is 11.3. The maximum absolute atomic E-state index is 11.4. The van der Waals surface area contributed by atoms with Crippen LogP contribution in [0.25, 0.3) is 11.5 Å². The zero-order chi connectivity index (χ0) is 14.5. The normalized spacial score (nSPS) is 10.6. The number of likely N-dealkylation sites (N-methyl/N-ethyl adjacent to an activating group) is 1. The lowest BCUT2D eigenvalue weighted by atomic mass is 10.2. The third-order valence-corrected chi connectivity index (χ3v) is 3.31. The summed E-state index contributed by atoms with van der Waals surface area (Å²) in [5.41, 5.74) is 0.843. The molecule has 0 unspecified atom stereocenters. The largest absolute Gasteiger partial charge is 0.419 e. The van der Waals surface area contributed by atoms with Gasteiger partial charge in [0.1, 0.15) is 0 Å². The Bertz CT molecular complexity index is 598. The lowest BCUT2D eigenvalue weighted by molar-refractivity contribution is -0.127. The van der Waals surface area contributed by atoms with Crippen molar-refractivity contribution in [1.82, 2.24) is 20.4 Å². The lowest BCUT2D eigenvalue weighted by Crippen LogP contribution is -2.32. The van der Waals surface area contributed by atoms with E-state index in [1.807, 2.05) is 24.3 Å². The van der Waals surface area contributed by atoms with Gasteiger partial charge in [-0.15, -0.1) is 10.2 Å². The minimum atomic E-state index is -0.00413. The van der Waals surface area contributed by atoms with Crippen LogP contribution in [0.1, 0.15) is 5.89 Å². The average molecular weight is 339 g/mol. The minimum Gasteiger partial charge on any atom is -0.419 e. The summed E-state index contributed by atoms with van der Waals surface area (Å²) in [6.07, 6.45) is 0. The molecule has 0 atom stereocenters. The van der Waals surface area contributed by atoms with Gasteiger partial charge in [0, 0.05) is 18.6 Å². The Morgan fingerprint density at radius 1 is 1.35 bits per heavy atom. The first-order valence-electron chi connectivity index (χ1n) is 6.06. The molecule has 20 heavy (non-hydrogen) atoms. The Morgan fingerprint density at radius 2 is 2.10 bits per heavy atom. The van der Waals surface area contributed by atoms with Gasteiger partial charge in [-0.25, -0.2) is 0 Å². The molecule has 7 heteroatoms. The van der Waals surface area contributed by atoms with Gasteiger partial charge in [-0.2, -0.15) is 0 Å². The number of amides is 1. The second-order valence-corrected chi connectivity index (χ2v) is 5.23. The third-order valence-electron chi connectivity index (χ3n) is 2.62. The second kappa shape index (κ2) is 6.62. The van der Waals surface area contributed by atoms with Gasteiger partial charge in [0.15, 0.2) is 0 Å². The molecule has 2 aromatic rings. The van der Waals surface area contributed by atoms with E-state index in [0.717, 1.165) is 10.0 Å². The van der Waals surface area contributed by atoms with Crippen LogP contribution in [0.15, 0.2) is 33.2 Å². The summed E-state index contributed by atoms with van der Waals surface area (Å²) in [6.45, 7) is 0.594. The SMILES string of the molecule is CN(C)C(=O)CNCc1nnc(-c2ccccc2Br)o1. The lowest BCUT2D eigenvalue weighted by Gasteiger charge is -2.09. The molecule has 0 spiro atoms. The van der Waals surface area contributed by atoms with E-state index in [1.54, 1.807) is 14.1 Å². The van der Waals surface area contributed by atoms with Crippen LogP contribution in [-0.4, -0.2) is 41.6 Å². The Morgan fingerprint density at radius 3 is 2.80 bits per heavy atom. The van der Waals surface area contributed by atoms with Gasteiger partial charge >= 0.3 is 0 Å². The molecule has 1 amide bonds. The molecule has 0 aliphatic carbocycles. The fourth-order valence-electron chi connectivity index (χ4n) is 1.50. The van der Waals surface area contributed by atoms with Gasteiger partial charge in [0.2, 0.25) is 17.7 Å². The second-order valence-electron chi connectivity index (χ2n) is 4.37. The molecule has 0 saturated heterocycles. The van der Waals surface area contributed by atoms with Gasteiger partial charge in [0.05, 0.1) is 18.7 Å². The molecule has 0 fully saturated rings. The maximum atomic E-state index is 11.4. The summed E-state index contributed by atoms with van der Waals surface area (Å²) in [5, 5.41) is 10.9. The summed E-state index contributed by atoms with van der Waals surface area (Å²) in [7, 11) is 3.42. The quantitative estimate of drug-likeness (QED) is 0.897. The number of aromatic nitrogens is 2. The molecule has 106 valence electrons. The molecular weight excluding hydrogens is 324 g/mol. The average Bonchev–Trinajstić information content (AvgIpc) is 2.87. The van der Waals surface area contributed by atoms with Crippen LogP contribution >= 0.6 is 15.9 Å². The van der Waals surface area contributed by atoms with Gasteiger partial charge < -0.3 is 9.32 Å². The van der Waals surface area contributed by atoms with Crippen molar-refractivity contribution >= 4 is 21.8 Å². The number of nitrogens with one attached hydrogen (secondary N) is 1. The predicted molar refractivity (Wildman–Crippen MR) is 77.8 cm³/mol. The van der Waals surface area contributed by atoms with Crippen molar-refractivity contribution in [2.45, 2.75) is 6.54 Å². The number of nitrogens with zero attached hydrogens (tertiary/aromatic N) is 3. The van der Waals surface area contributed by atoms with E-state index >= 15 is 0 Å². The number of halogens is 1. The zero-order valence-corrected chi connectivity index (χ0v) is 12.8. The Hall–Kier alpha value is -1.73. The highest BCUT2D eigenvalue weighted by molar-refractivity contribution is 9.10. The summed E-state index contributed by atoms with van der Waals surface area (Å²) < 4.78 is 6.45. The maximum Gasteiger partial charge on any atom is 0.248 e. The number of hydrogen-bond donors (Lipinski definition) is 1. The van der Waals surface area contributed by atoms with Crippen molar-refractivity contribution < 1.29 is 9.21 Å². The minimum absolute atomic E-state index is 0.00413. The molecule has 2 rings (SSSR count). The fourth-order valence-corrected chi connectivity index (χ4v) is 1.96. The highest BCUT2D eigenvalue weighted by Crippen LogP contribution is 2.26. The smallest absolute Gasteiger partial charge is 0.248 e. The summed E-state index contributed by atoms with van der Waals surface area (Å²) in [4.78, 5) is 12.9. The van der Waals surface area contributed by atoms with Crippen molar-refractivity contribution in [2.24, 2.45) is 0 Å². The first-order chi connectivity index (χ1) is 9.58. The molecule has 0 aliphatic heterocycles. The molecule has 1 aromatic carbocycles. The standard InChI is InChI=1S/C13H15BrN4O2/c1-18(2)12(19)8-15-7-11-16-17-13(20-11)9-5-3-4-6-10(9)14/h3-6,15H,7-8H2,1-2H3. The molecule has 0 bridgehead atoms. The van der Waals surface area contributed by atoms with Crippen LogP contribution in [0.3, 0.4) is 0 Å². The van der Waals surface area contributed by atoms with E-state index in [2.05, 4.69) is 31.4 Å². The van der Waals surface area contributed by atoms with Crippen LogP contribution in [-0.2, 0) is 11.3 Å². The van der Waals surface area contributed by atoms with Crippen molar-refractivity contribution in [3.05, 3.63) is 34.6 Å². The number of rotatable bonds is 5. The van der Waals surface area contributed by atoms with Crippen molar-refractivity contribution in [3.63, 3.8) is 0 Å². The van der Waals surface area contributed by atoms with Crippen LogP contribution < -0.4 is 5.32 Å². The first-order valence-corrected chi connectivity index (χ1v) is 6.85. The fraction of sp³-hybridized carbons (Fsp3) is 0.308. The van der Waals surface area contributed by atoms with Gasteiger partial charge in [-0.05, 0) is 28.1 Å². The van der Waals surface area contributed by atoms with Crippen LogP contribution in [0.5, 0.6) is 0 Å². The molecule has 1 N–H and O–H groups in total. The Labute approximate surface area is 125 Å². The topological polar surface area (TPSA) is 71.3 Å². The molecule has 0 radical (unpaired) electrons.